The number of Topliss-reactive ketones (excluding diaryl/α,β-unsaturated/α-hetero) is 1. The summed E-state index contributed by atoms with van der Waals surface area (Å²) in [6.07, 6.45) is 1.55. The maximum absolute atomic E-state index is 14.2. The lowest BCUT2D eigenvalue weighted by Gasteiger charge is -2.71. The SMILES string of the molecule is CC1(C)CC[C@]2(CO)C(=O)C[C@]3(C)C(=CC[C@@H]4[C@@]5(C)CC[C@H](O[C@@H]6O[C@H](C(=O)O)[C@@H](O)[C@H](O)[C@H]6O)C(C)(C)[C@@H]5CC[C@]43C)[C@@H]2C1. The number of aliphatic hydroxyl groups excluding tert-OH is 4. The van der Waals surface area contributed by atoms with E-state index in [-0.39, 0.29) is 57.4 Å². The smallest absolute Gasteiger partial charge is 0.335 e. The van der Waals surface area contributed by atoms with Gasteiger partial charge in [0.2, 0.25) is 0 Å². The number of rotatable bonds is 4. The fraction of sp³-hybridized carbons (Fsp3) is 0.889. The quantitative estimate of drug-likeness (QED) is 0.226. The number of aliphatic carboxylic acids is 1. The molecule has 5 aliphatic carbocycles. The average molecular weight is 633 g/mol. The Labute approximate surface area is 267 Å². The van der Waals surface area contributed by atoms with Gasteiger partial charge in [0.15, 0.2) is 12.4 Å². The molecule has 4 saturated carbocycles. The van der Waals surface area contributed by atoms with Crippen LogP contribution in [0, 0.1) is 50.2 Å². The summed E-state index contributed by atoms with van der Waals surface area (Å²) in [5.41, 5.74) is 0.105. The van der Waals surface area contributed by atoms with Gasteiger partial charge in [0.1, 0.15) is 24.1 Å². The number of ketones is 1. The minimum atomic E-state index is -1.75. The Bertz CT molecular complexity index is 1260. The number of ether oxygens (including phenoxy) is 2. The highest BCUT2D eigenvalue weighted by Gasteiger charge is 2.70. The van der Waals surface area contributed by atoms with Gasteiger partial charge >= 0.3 is 5.97 Å². The van der Waals surface area contributed by atoms with Crippen molar-refractivity contribution in [3.8, 4) is 0 Å². The van der Waals surface area contributed by atoms with Gasteiger partial charge in [-0.25, -0.2) is 4.79 Å². The van der Waals surface area contributed by atoms with E-state index in [4.69, 9.17) is 9.47 Å². The van der Waals surface area contributed by atoms with Crippen molar-refractivity contribution in [1.82, 2.24) is 0 Å². The normalized spacial score (nSPS) is 52.0. The van der Waals surface area contributed by atoms with E-state index >= 15 is 0 Å². The number of carboxylic acids is 1. The molecule has 6 aliphatic rings. The number of carbonyl (C=O) groups is 2. The molecule has 1 aliphatic heterocycles. The number of aliphatic hydroxyl groups is 4. The number of hydrogen-bond acceptors (Lipinski definition) is 8. The van der Waals surface area contributed by atoms with E-state index in [9.17, 15) is 35.1 Å². The maximum Gasteiger partial charge on any atom is 0.335 e. The third-order valence-electron chi connectivity index (χ3n) is 15.0. The second-order valence-electron chi connectivity index (χ2n) is 17.8. The minimum absolute atomic E-state index is 0.0485. The van der Waals surface area contributed by atoms with Crippen molar-refractivity contribution in [2.24, 2.45) is 50.2 Å². The van der Waals surface area contributed by atoms with Crippen molar-refractivity contribution in [2.45, 2.75) is 143 Å². The van der Waals surface area contributed by atoms with Gasteiger partial charge in [-0.2, -0.15) is 0 Å². The Balaban J connectivity index is 1.30. The first-order chi connectivity index (χ1) is 20.8. The van der Waals surface area contributed by atoms with E-state index in [1.807, 2.05) is 0 Å². The Kier molecular flexibility index (Phi) is 7.88. The lowest BCUT2D eigenvalue weighted by Crippen LogP contribution is -2.67. The molecule has 0 radical (unpaired) electrons. The van der Waals surface area contributed by atoms with E-state index in [1.165, 1.54) is 5.57 Å². The second-order valence-corrected chi connectivity index (χ2v) is 17.8. The molecule has 0 bridgehead atoms. The number of allylic oxidation sites excluding steroid dienone is 2. The lowest BCUT2D eigenvalue weighted by molar-refractivity contribution is -0.323. The molecule has 1 saturated heterocycles. The van der Waals surface area contributed by atoms with Gasteiger partial charge in [0.25, 0.3) is 0 Å². The third kappa shape index (κ3) is 4.53. The van der Waals surface area contributed by atoms with E-state index in [0.717, 1.165) is 44.9 Å². The molecule has 0 aromatic heterocycles. The van der Waals surface area contributed by atoms with Crippen molar-refractivity contribution < 1.29 is 44.6 Å². The number of carboxylic acid groups (broad SMARTS) is 1. The van der Waals surface area contributed by atoms with Crippen LogP contribution in [0.25, 0.3) is 0 Å². The highest BCUT2D eigenvalue weighted by atomic mass is 16.7. The van der Waals surface area contributed by atoms with Gasteiger partial charge in [-0.15, -0.1) is 0 Å². The molecule has 45 heavy (non-hydrogen) atoms. The van der Waals surface area contributed by atoms with Gasteiger partial charge in [-0.05, 0) is 90.8 Å². The second kappa shape index (κ2) is 10.6. The zero-order chi connectivity index (χ0) is 33.1. The molecule has 0 unspecified atom stereocenters. The van der Waals surface area contributed by atoms with Crippen LogP contribution in [0.4, 0.5) is 0 Å². The first-order valence-corrected chi connectivity index (χ1v) is 17.2. The first kappa shape index (κ1) is 33.5. The third-order valence-corrected chi connectivity index (χ3v) is 15.0. The Morgan fingerprint density at radius 1 is 0.933 bits per heavy atom. The van der Waals surface area contributed by atoms with Crippen molar-refractivity contribution in [1.29, 1.82) is 0 Å². The Morgan fingerprint density at radius 3 is 2.27 bits per heavy atom. The molecular weight excluding hydrogens is 576 g/mol. The van der Waals surface area contributed by atoms with Crippen LogP contribution in [0.1, 0.15) is 106 Å². The average Bonchev–Trinajstić information content (AvgIpc) is 2.94. The predicted molar refractivity (Wildman–Crippen MR) is 166 cm³/mol. The van der Waals surface area contributed by atoms with Crippen molar-refractivity contribution in [3.63, 3.8) is 0 Å². The molecule has 5 fully saturated rings. The molecular formula is C36H56O9. The van der Waals surface area contributed by atoms with Gasteiger partial charge < -0.3 is 35.0 Å². The van der Waals surface area contributed by atoms with E-state index < -0.39 is 42.1 Å². The van der Waals surface area contributed by atoms with Crippen molar-refractivity contribution in [3.05, 3.63) is 11.6 Å². The molecule has 9 heteroatoms. The molecule has 6 rings (SSSR count). The molecule has 1 heterocycles. The zero-order valence-electron chi connectivity index (χ0n) is 28.2. The summed E-state index contributed by atoms with van der Waals surface area (Å²) in [6.45, 7) is 16.1. The van der Waals surface area contributed by atoms with Crippen LogP contribution in [0.15, 0.2) is 11.6 Å². The van der Waals surface area contributed by atoms with Crippen LogP contribution < -0.4 is 0 Å². The van der Waals surface area contributed by atoms with Crippen LogP contribution in [0.3, 0.4) is 0 Å². The topological polar surface area (TPSA) is 154 Å². The van der Waals surface area contributed by atoms with Crippen LogP contribution >= 0.6 is 0 Å². The standard InChI is InChI=1S/C36H56O9/c1-31(2)14-15-36(18-37)20(16-31)19-8-9-22-33(5)12-11-24(44-30-27(41)25(39)26(40)28(45-30)29(42)43)32(3,4)21(33)10-13-34(22,6)35(19,7)17-23(36)38/h8,20-22,24-28,30,37,39-41H,9-18H2,1-7H3,(H,42,43)/t20-,21-,22+,24-,25-,26-,27+,28-,30+,33-,34+,35+,36+/m0/s1. The molecule has 0 spiro atoms. The van der Waals surface area contributed by atoms with Gasteiger partial charge in [-0.1, -0.05) is 60.1 Å². The van der Waals surface area contributed by atoms with Crippen LogP contribution in [-0.2, 0) is 19.1 Å². The van der Waals surface area contributed by atoms with E-state index in [2.05, 4.69) is 54.5 Å². The van der Waals surface area contributed by atoms with Gasteiger partial charge in [0.05, 0.1) is 18.1 Å². The lowest BCUT2D eigenvalue weighted by atomic mass is 9.33. The van der Waals surface area contributed by atoms with Crippen LogP contribution in [0.2, 0.25) is 0 Å². The summed E-state index contributed by atoms with van der Waals surface area (Å²) in [7, 11) is 0. The largest absolute Gasteiger partial charge is 0.479 e. The predicted octanol–water partition coefficient (Wildman–Crippen LogP) is 4.24. The number of carbonyl (C=O) groups excluding carboxylic acids is 1. The highest BCUT2D eigenvalue weighted by molar-refractivity contribution is 5.89. The number of fused-ring (bicyclic) bond motifs is 7. The van der Waals surface area contributed by atoms with Crippen LogP contribution in [-0.4, -0.2) is 80.7 Å². The Morgan fingerprint density at radius 2 is 1.62 bits per heavy atom. The summed E-state index contributed by atoms with van der Waals surface area (Å²) in [5, 5.41) is 51.5. The summed E-state index contributed by atoms with van der Waals surface area (Å²) in [5.74, 6) is -0.497. The molecule has 5 N–H and O–H groups in total. The monoisotopic (exact) mass is 632 g/mol. The fourth-order valence-electron chi connectivity index (χ4n) is 12.0. The molecule has 0 amide bonds. The Hall–Kier alpha value is -1.36. The summed E-state index contributed by atoms with van der Waals surface area (Å²) in [6, 6.07) is 0. The van der Waals surface area contributed by atoms with E-state index in [0.29, 0.717) is 18.8 Å². The van der Waals surface area contributed by atoms with Gasteiger partial charge in [0, 0.05) is 11.8 Å². The highest BCUT2D eigenvalue weighted by Crippen LogP contribution is 2.75. The molecule has 9 nitrogen and oxygen atoms in total. The maximum atomic E-state index is 14.2. The summed E-state index contributed by atoms with van der Waals surface area (Å²) in [4.78, 5) is 25.9. The fourth-order valence-corrected chi connectivity index (χ4v) is 12.0. The molecule has 0 aromatic carbocycles. The van der Waals surface area contributed by atoms with Crippen molar-refractivity contribution in [2.75, 3.05) is 6.61 Å². The minimum Gasteiger partial charge on any atom is -0.479 e. The van der Waals surface area contributed by atoms with Gasteiger partial charge in [-0.3, -0.25) is 4.79 Å². The van der Waals surface area contributed by atoms with E-state index in [1.54, 1.807) is 0 Å². The first-order valence-electron chi connectivity index (χ1n) is 17.2. The molecule has 254 valence electrons. The zero-order valence-corrected chi connectivity index (χ0v) is 28.2. The van der Waals surface area contributed by atoms with Crippen molar-refractivity contribution >= 4 is 11.8 Å². The van der Waals surface area contributed by atoms with Crippen LogP contribution in [0.5, 0.6) is 0 Å². The number of hydrogen-bond donors (Lipinski definition) is 5. The molecule has 13 atom stereocenters. The summed E-state index contributed by atoms with van der Waals surface area (Å²) >= 11 is 0. The molecule has 0 aromatic rings. The summed E-state index contributed by atoms with van der Waals surface area (Å²) < 4.78 is 11.9.